The molecule has 0 radical (unpaired) electrons. The zero-order valence-electron chi connectivity index (χ0n) is 77.3. The summed E-state index contributed by atoms with van der Waals surface area (Å²) in [5.74, 6) is -6.07. The Bertz CT molecular complexity index is 7140. The number of carboxylic acids is 3. The lowest BCUT2D eigenvalue weighted by molar-refractivity contribution is -0.789. The van der Waals surface area contributed by atoms with Crippen molar-refractivity contribution in [3.05, 3.63) is 286 Å². The molecule has 8 unspecified atom stereocenters. The molecule has 21 rings (SSSR count). The number of aromatic amines is 6. The van der Waals surface area contributed by atoms with E-state index in [9.17, 15) is 54.2 Å². The van der Waals surface area contributed by atoms with Gasteiger partial charge in [0.15, 0.2) is 42.2 Å². The normalized spacial score (nSPS) is 18.6. The van der Waals surface area contributed by atoms with Crippen molar-refractivity contribution in [3.63, 3.8) is 0 Å². The summed E-state index contributed by atoms with van der Waals surface area (Å²) < 4.78 is 106. The Kier molecular flexibility index (Phi) is 31.6. The first kappa shape index (κ1) is 102. The quantitative estimate of drug-likeness (QED) is 0.00883. The van der Waals surface area contributed by atoms with Crippen molar-refractivity contribution in [2.24, 2.45) is 17.8 Å². The van der Waals surface area contributed by atoms with Gasteiger partial charge in [-0.05, 0) is 198 Å². The molecule has 1 amide bonds. The molecule has 28 nitrogen and oxygen atoms in total. The number of quaternary nitrogens is 2. The number of aromatic nitrogens is 12. The fourth-order valence-corrected chi connectivity index (χ4v) is 21.4. The lowest BCUT2D eigenvalue weighted by Crippen LogP contribution is -3.01. The number of allylic oxidation sites excluding steroid dienone is 6. The fraction of sp³-hybridized carbons (Fsp3) is 0.340. The number of hydrogen-bond donors (Lipinski definition) is 10. The zero-order valence-corrected chi connectivity index (χ0v) is 79.6. The van der Waals surface area contributed by atoms with Crippen LogP contribution in [0.1, 0.15) is 182 Å². The van der Waals surface area contributed by atoms with Crippen molar-refractivity contribution in [1.82, 2.24) is 36.3 Å². The number of aryl methyl sites for hydroxylation is 3. The second-order valence-electron chi connectivity index (χ2n) is 37.2. The van der Waals surface area contributed by atoms with Gasteiger partial charge in [-0.1, -0.05) is 110 Å². The van der Waals surface area contributed by atoms with Crippen LogP contribution >= 0.6 is 34.8 Å². The Morgan fingerprint density at radius 2 is 0.860 bits per heavy atom. The molecule has 2 aliphatic heterocycles. The smallest absolute Gasteiger partial charge is 0.430 e. The van der Waals surface area contributed by atoms with Crippen molar-refractivity contribution in [3.8, 4) is 5.75 Å². The van der Waals surface area contributed by atoms with E-state index in [4.69, 9.17) is 86.1 Å². The summed E-state index contributed by atoms with van der Waals surface area (Å²) in [5, 5.41) is 67.8. The fourth-order valence-electron chi connectivity index (χ4n) is 20.9. The topological polar surface area (TPSA) is 427 Å². The van der Waals surface area contributed by atoms with Gasteiger partial charge in [0.05, 0.1) is 59.2 Å². The van der Waals surface area contributed by atoms with Crippen molar-refractivity contribution in [2.45, 2.75) is 197 Å². The van der Waals surface area contributed by atoms with Gasteiger partial charge >= 0.3 is 24.2 Å². The number of carbonyl (C=O) groups is 4. The van der Waals surface area contributed by atoms with E-state index in [0.717, 1.165) is 200 Å². The summed E-state index contributed by atoms with van der Waals surface area (Å²) in [6, 6.07) is 40.8. The maximum atomic E-state index is 12.6. The number of halogens is 12. The number of carboxylic acid groups (broad SMARTS) is 3. The van der Waals surface area contributed by atoms with Crippen molar-refractivity contribution in [1.29, 1.82) is 0 Å². The molecule has 40 heteroatoms. The number of nitrogens with two attached hydrogens (primary N) is 3. The molecule has 0 saturated heterocycles. The highest BCUT2D eigenvalue weighted by molar-refractivity contribution is 6.32. The van der Waals surface area contributed by atoms with Gasteiger partial charge in [0.25, 0.3) is 5.69 Å². The molecule has 8 aliphatic rings. The third-order valence-electron chi connectivity index (χ3n) is 27.1. The number of nitrogens with zero attached hydrogens (tertiary/aromatic N) is 6. The van der Waals surface area contributed by atoms with Crippen LogP contribution in [0.15, 0.2) is 203 Å². The van der Waals surface area contributed by atoms with Gasteiger partial charge < -0.3 is 61.7 Å². The molecule has 16 N–H and O–H groups in total. The van der Waals surface area contributed by atoms with Gasteiger partial charge in [0.2, 0.25) is 33.8 Å². The van der Waals surface area contributed by atoms with E-state index in [1.165, 1.54) is 122 Å². The van der Waals surface area contributed by atoms with Crippen LogP contribution in [-0.2, 0) is 84.0 Å². The number of fused-ring (bicyclic) bond motifs is 18. The summed E-state index contributed by atoms with van der Waals surface area (Å²) in [6.45, 7) is 4.89. The number of para-hydroxylation sites is 2. The number of nitrogen functional groups attached to an aromatic ring is 3. The number of unbranched alkanes of at least 4 members (excludes halogenated alkanes) is 3. The number of amides is 1. The number of alkyl halides is 9. The summed E-state index contributed by atoms with van der Waals surface area (Å²) in [5.41, 5.74) is 47.1. The van der Waals surface area contributed by atoms with E-state index in [1.807, 2.05) is 53.3 Å². The molecule has 7 aromatic heterocycles. The SMILES string of the molecule is Nc1c2c([nH+]c3cc(Cl)ccc13)CC1C=C(CCCC[n+]3cc(CC[NH+]4C=Cc5ccccc54)n[nH]3)CC2C1.Nc1c2c([nH+]c3cc(Cl)ccc13)CC1C=C(CCCC[n+]3cc(CNC(=O)Cc4cc(=O)oc5cc(O)ccc45)n[nH]3)CC2C1.Nc1c2c([nH+]c3cc(Cl)ccc13)CC1C=C(CCCC[n+]3cc(C[NH+]4C=Cc5ccccc54)n[nH]3)CC2C1.O=C([O-])C(F)(F)F.O=C([O-])C(F)(F)F.O=C([O-])C(F)(F)F. The maximum Gasteiger partial charge on any atom is 0.430 e. The molecule has 13 aromatic rings. The third kappa shape index (κ3) is 25.6. The molecule has 6 aromatic carbocycles. The summed E-state index contributed by atoms with van der Waals surface area (Å²) in [6.07, 6.45) is 28.2. The second-order valence-corrected chi connectivity index (χ2v) is 38.5. The zero-order chi connectivity index (χ0) is 101. The Morgan fingerprint density at radius 3 is 1.29 bits per heavy atom. The predicted molar refractivity (Wildman–Crippen MR) is 507 cm³/mol. The number of H-pyrrole nitrogens is 6. The molecular weight excluding hydrogens is 1930 g/mol. The molecule has 143 heavy (non-hydrogen) atoms. The van der Waals surface area contributed by atoms with Gasteiger partial charge in [-0.25, -0.2) is 19.7 Å². The number of rotatable bonds is 24. The predicted octanol–water partition coefficient (Wildman–Crippen LogP) is 11.3. The van der Waals surface area contributed by atoms with Crippen LogP contribution in [-0.4, -0.2) is 84.9 Å². The summed E-state index contributed by atoms with van der Waals surface area (Å²) in [4.78, 5) is 64.6. The molecule has 8 atom stereocenters. The molecule has 6 aliphatic carbocycles. The van der Waals surface area contributed by atoms with Crippen LogP contribution in [0.4, 0.5) is 68.0 Å². The third-order valence-corrected chi connectivity index (χ3v) is 27.8. The summed E-state index contributed by atoms with van der Waals surface area (Å²) >= 11 is 18.7. The number of carbonyl (C=O) groups excluding carboxylic acids is 4. The minimum atomic E-state index is -5.19. The number of nitrogens with one attached hydrogen (secondary N) is 9. The van der Waals surface area contributed by atoms with Crippen LogP contribution in [0.2, 0.25) is 15.1 Å². The molecular formula is C103H105Cl3F9N18O10+5. The number of aromatic hydroxyl groups is 1. The van der Waals surface area contributed by atoms with Crippen LogP contribution < -0.4 is 82.3 Å². The number of pyridine rings is 3. The lowest BCUT2D eigenvalue weighted by Gasteiger charge is -2.34. The van der Waals surface area contributed by atoms with E-state index in [-0.39, 0.29) is 30.2 Å². The number of benzene rings is 6. The molecule has 0 saturated carbocycles. The number of aliphatic carboxylic acids is 3. The van der Waals surface area contributed by atoms with E-state index in [0.29, 0.717) is 51.5 Å². The van der Waals surface area contributed by atoms with E-state index < -0.39 is 42.1 Å². The number of hydrogen-bond acceptors (Lipinski definition) is 16. The Balaban J connectivity index is 0.000000140. The Morgan fingerprint density at radius 1 is 0.483 bits per heavy atom. The van der Waals surface area contributed by atoms with E-state index in [1.54, 1.807) is 17.2 Å². The van der Waals surface area contributed by atoms with Crippen LogP contribution in [0.25, 0.3) is 55.8 Å². The molecule has 6 bridgehead atoms. The highest BCUT2D eigenvalue weighted by atomic mass is 35.5. The lowest BCUT2D eigenvalue weighted by atomic mass is 9.70. The maximum absolute atomic E-state index is 12.6. The number of anilines is 3. The minimum absolute atomic E-state index is 0.0105. The first-order chi connectivity index (χ1) is 68.3. The van der Waals surface area contributed by atoms with Gasteiger partial charge in [-0.15, -0.1) is 0 Å². The van der Waals surface area contributed by atoms with Crippen molar-refractivity contribution >= 4 is 143 Å². The van der Waals surface area contributed by atoms with Crippen molar-refractivity contribution < 1.29 is 122 Å². The van der Waals surface area contributed by atoms with Crippen LogP contribution in [0, 0.1) is 17.8 Å². The first-order valence-electron chi connectivity index (χ1n) is 47.1. The first-order valence-corrected chi connectivity index (χ1v) is 48.3. The molecule has 746 valence electrons. The van der Waals surface area contributed by atoms with Gasteiger partial charge in [-0.2, -0.15) is 53.6 Å². The average molecular weight is 2030 g/mol. The van der Waals surface area contributed by atoms with Gasteiger partial charge in [-0.3, -0.25) is 14.6 Å². The van der Waals surface area contributed by atoms with Gasteiger partial charge in [0.1, 0.15) is 72.6 Å². The Hall–Kier alpha value is -13.9. The van der Waals surface area contributed by atoms with Crippen LogP contribution in [0.3, 0.4) is 0 Å². The minimum Gasteiger partial charge on any atom is -0.542 e. The average Bonchev–Trinajstić information content (AvgIpc) is 1.11. The second kappa shape index (κ2) is 44.3. The van der Waals surface area contributed by atoms with Gasteiger partial charge in [0, 0.05) is 137 Å². The molecule has 0 spiro atoms. The monoisotopic (exact) mass is 2030 g/mol. The highest BCUT2D eigenvalue weighted by Crippen LogP contribution is 2.50. The molecule has 0 fully saturated rings. The standard InChI is InChI=1S/C34H33ClN6O4.C32H33ClN6.C31H31ClN6.3C2HF3O2/c35-23-4-6-27-28(15-23)38-29-12-20-9-19(10-22(11-20)33(29)34(27)36)3-1-2-8-41-18-24(39-40-41)17-37-31(43)13-21-14-32(44)45-30-16-25(42)5-7-26(21)30;33-25-8-9-27-28(19-25)35-29-18-22-15-21(16-24(17-22)31(29)32(27)34)5-3-4-12-39-20-26(36-37-39)11-14-38-13-10-23-6-1-2-7-30(23)38;32-24-8-9-26-27(17-24)34-28-16-21-13-20(14-23(15-21)30(28)31(26)33)5-3-4-11-38-19-25(35-36-38)18-37-12-10-22-6-1-2-7-29(22)37;3*3-2(4,5)1(6)7/h4-7,9,14-16,18,20,22H,1-3,8,10-13,17H2,(H4,36,37,38,42,43,44);1-2,6-10,13,15,19-20,22,24H,3-5,11-12,14,16-18H2,(H2,34,35);1-2,6-10,12-13,17,19,21,23H,3-5,11,14-16,18H2,(H2,33,34);3*(H,6,7)/p+5. The Labute approximate surface area is 827 Å². The van der Waals surface area contributed by atoms with Crippen LogP contribution in [0.5, 0.6) is 5.75 Å². The molecule has 9 heterocycles. The highest BCUT2D eigenvalue weighted by Gasteiger charge is 2.42. The number of phenols is 1. The number of phenolic OH excluding ortho intramolecular Hbond substituents is 1. The largest absolute Gasteiger partial charge is 0.542 e. The summed E-state index contributed by atoms with van der Waals surface area (Å²) in [7, 11) is 0. The van der Waals surface area contributed by atoms with Crippen molar-refractivity contribution in [2.75, 3.05) is 23.7 Å². The van der Waals surface area contributed by atoms with E-state index >= 15 is 0 Å². The van der Waals surface area contributed by atoms with E-state index in [2.05, 4.69) is 176 Å².